The van der Waals surface area contributed by atoms with Crippen molar-refractivity contribution in [2.24, 2.45) is 40.4 Å². The molecule has 2 N–H and O–H groups in total. The predicted octanol–water partition coefficient (Wildman–Crippen LogP) is 4.00. The second-order valence-electron chi connectivity index (χ2n) is 9.68. The van der Waals surface area contributed by atoms with Crippen LogP contribution in [0.15, 0.2) is 0 Å². The van der Waals surface area contributed by atoms with Gasteiger partial charge in [0.05, 0.1) is 12.2 Å². The van der Waals surface area contributed by atoms with Crippen molar-refractivity contribution in [1.82, 2.24) is 0 Å². The summed E-state index contributed by atoms with van der Waals surface area (Å²) in [5.41, 5.74) is 0.624. The van der Waals surface area contributed by atoms with Crippen LogP contribution >= 0.6 is 0 Å². The van der Waals surface area contributed by atoms with E-state index in [1.807, 2.05) is 0 Å². The van der Waals surface area contributed by atoms with Gasteiger partial charge in [-0.25, -0.2) is 0 Å². The molecule has 4 fully saturated rings. The summed E-state index contributed by atoms with van der Waals surface area (Å²) in [5.74, 6) is 3.78. The minimum atomic E-state index is -0.0632. The van der Waals surface area contributed by atoms with Gasteiger partial charge in [-0.2, -0.15) is 0 Å². The zero-order valence-corrected chi connectivity index (χ0v) is 14.6. The molecule has 9 atom stereocenters. The molecule has 4 saturated carbocycles. The molecule has 0 bridgehead atoms. The molecular weight excluding hydrogens is 272 g/mol. The lowest BCUT2D eigenvalue weighted by Crippen LogP contribution is -2.57. The van der Waals surface area contributed by atoms with Gasteiger partial charge in [0.2, 0.25) is 0 Å². The Hall–Kier alpha value is -0.0800. The summed E-state index contributed by atoms with van der Waals surface area (Å²) in [5, 5.41) is 20.7. The Balaban J connectivity index is 1.66. The lowest BCUT2D eigenvalue weighted by molar-refractivity contribution is -0.156. The zero-order valence-electron chi connectivity index (χ0n) is 14.6. The van der Waals surface area contributed by atoms with Gasteiger partial charge >= 0.3 is 0 Å². The first kappa shape index (κ1) is 15.4. The van der Waals surface area contributed by atoms with E-state index in [0.29, 0.717) is 11.3 Å². The SMILES string of the molecule is CC1CC(O)C[C@@H]2CC[C@@H]3[C@H](CC[C@]4(C)C(O)CC[C@@H]34)[C@@]12C. The van der Waals surface area contributed by atoms with Crippen molar-refractivity contribution >= 4 is 0 Å². The van der Waals surface area contributed by atoms with E-state index in [0.717, 1.165) is 42.9 Å². The summed E-state index contributed by atoms with van der Waals surface area (Å²) in [6.45, 7) is 7.32. The molecular formula is C20H34O2. The molecule has 0 radical (unpaired) electrons. The van der Waals surface area contributed by atoms with Gasteiger partial charge in [-0.3, -0.25) is 0 Å². The highest BCUT2D eigenvalue weighted by Crippen LogP contribution is 2.67. The van der Waals surface area contributed by atoms with Crippen LogP contribution in [0.3, 0.4) is 0 Å². The summed E-state index contributed by atoms with van der Waals surface area (Å²) in [6.07, 6.45) is 9.37. The normalized spacial score (nSPS) is 61.2. The number of rotatable bonds is 0. The summed E-state index contributed by atoms with van der Waals surface area (Å²) < 4.78 is 0. The summed E-state index contributed by atoms with van der Waals surface area (Å²) in [4.78, 5) is 0. The highest BCUT2D eigenvalue weighted by Gasteiger charge is 2.61. The first-order valence-corrected chi connectivity index (χ1v) is 9.73. The molecule has 126 valence electrons. The Kier molecular flexibility index (Phi) is 3.48. The highest BCUT2D eigenvalue weighted by atomic mass is 16.3. The van der Waals surface area contributed by atoms with E-state index in [1.54, 1.807) is 0 Å². The van der Waals surface area contributed by atoms with Gasteiger partial charge in [-0.15, -0.1) is 0 Å². The minimum absolute atomic E-state index is 0.0606. The van der Waals surface area contributed by atoms with Crippen molar-refractivity contribution in [2.75, 3.05) is 0 Å². The molecule has 2 heteroatoms. The van der Waals surface area contributed by atoms with E-state index in [1.165, 1.54) is 32.1 Å². The number of aliphatic hydroxyl groups is 2. The van der Waals surface area contributed by atoms with E-state index in [2.05, 4.69) is 20.8 Å². The van der Waals surface area contributed by atoms with Crippen molar-refractivity contribution in [1.29, 1.82) is 0 Å². The molecule has 4 rings (SSSR count). The number of fused-ring (bicyclic) bond motifs is 5. The maximum atomic E-state index is 10.5. The van der Waals surface area contributed by atoms with E-state index < -0.39 is 0 Å². The fourth-order valence-corrected chi connectivity index (χ4v) is 7.67. The van der Waals surface area contributed by atoms with E-state index in [-0.39, 0.29) is 17.6 Å². The zero-order chi connectivity index (χ0) is 15.7. The van der Waals surface area contributed by atoms with Crippen molar-refractivity contribution in [3.05, 3.63) is 0 Å². The Labute approximate surface area is 135 Å². The predicted molar refractivity (Wildman–Crippen MR) is 88.3 cm³/mol. The Morgan fingerprint density at radius 2 is 1.64 bits per heavy atom. The van der Waals surface area contributed by atoms with Crippen LogP contribution in [0, 0.1) is 40.4 Å². The van der Waals surface area contributed by atoms with Crippen LogP contribution < -0.4 is 0 Å². The number of aliphatic hydroxyl groups excluding tert-OH is 2. The molecule has 0 aromatic heterocycles. The molecule has 4 aliphatic rings. The molecule has 22 heavy (non-hydrogen) atoms. The molecule has 2 nitrogen and oxygen atoms in total. The lowest BCUT2D eigenvalue weighted by atomic mass is 9.43. The minimum Gasteiger partial charge on any atom is -0.393 e. The molecule has 0 spiro atoms. The lowest BCUT2D eigenvalue weighted by Gasteiger charge is -2.62. The summed E-state index contributed by atoms with van der Waals surface area (Å²) in [6, 6.07) is 0. The summed E-state index contributed by atoms with van der Waals surface area (Å²) in [7, 11) is 0. The van der Waals surface area contributed by atoms with E-state index in [9.17, 15) is 10.2 Å². The highest BCUT2D eigenvalue weighted by molar-refractivity contribution is 5.10. The largest absolute Gasteiger partial charge is 0.393 e. The standard InChI is InChI=1S/C20H34O2/c1-12-10-14(21)11-13-4-5-15-16-6-7-18(22)19(16,2)9-8-17(15)20(12,13)3/h12-18,21-22H,4-11H2,1-3H3/t12?,13-,14?,15-,16-,17-,18?,19-,20-/m0/s1. The second kappa shape index (κ2) is 4.96. The van der Waals surface area contributed by atoms with Gasteiger partial charge in [0.1, 0.15) is 0 Å². The van der Waals surface area contributed by atoms with Crippen molar-refractivity contribution in [3.63, 3.8) is 0 Å². The maximum absolute atomic E-state index is 10.5. The molecule has 0 aromatic rings. The van der Waals surface area contributed by atoms with Crippen LogP contribution in [-0.2, 0) is 0 Å². The molecule has 3 unspecified atom stereocenters. The van der Waals surface area contributed by atoms with Gasteiger partial charge in [0, 0.05) is 0 Å². The molecule has 0 heterocycles. The smallest absolute Gasteiger partial charge is 0.0596 e. The van der Waals surface area contributed by atoms with Crippen molar-refractivity contribution < 1.29 is 10.2 Å². The van der Waals surface area contributed by atoms with Crippen molar-refractivity contribution in [2.45, 2.75) is 84.3 Å². The Morgan fingerprint density at radius 3 is 2.41 bits per heavy atom. The molecule has 0 saturated heterocycles. The van der Waals surface area contributed by atoms with Crippen LogP contribution in [0.2, 0.25) is 0 Å². The molecule has 0 amide bonds. The first-order chi connectivity index (χ1) is 10.4. The number of hydrogen-bond acceptors (Lipinski definition) is 2. The Morgan fingerprint density at radius 1 is 0.864 bits per heavy atom. The third-order valence-corrected chi connectivity index (χ3v) is 9.16. The van der Waals surface area contributed by atoms with Gasteiger partial charge in [0.15, 0.2) is 0 Å². The van der Waals surface area contributed by atoms with Gasteiger partial charge in [-0.05, 0) is 91.8 Å². The van der Waals surface area contributed by atoms with Crippen LogP contribution in [0.5, 0.6) is 0 Å². The van der Waals surface area contributed by atoms with Crippen LogP contribution in [0.25, 0.3) is 0 Å². The van der Waals surface area contributed by atoms with Crippen molar-refractivity contribution in [3.8, 4) is 0 Å². The third kappa shape index (κ3) is 1.86. The fourth-order valence-electron chi connectivity index (χ4n) is 7.67. The van der Waals surface area contributed by atoms with Crippen LogP contribution in [0.1, 0.15) is 72.1 Å². The van der Waals surface area contributed by atoms with Crippen LogP contribution in [-0.4, -0.2) is 22.4 Å². The van der Waals surface area contributed by atoms with Gasteiger partial charge < -0.3 is 10.2 Å². The van der Waals surface area contributed by atoms with Gasteiger partial charge in [-0.1, -0.05) is 20.8 Å². The molecule has 4 aliphatic carbocycles. The molecule has 0 aromatic carbocycles. The third-order valence-electron chi connectivity index (χ3n) is 9.16. The second-order valence-corrected chi connectivity index (χ2v) is 9.68. The first-order valence-electron chi connectivity index (χ1n) is 9.73. The summed E-state index contributed by atoms with van der Waals surface area (Å²) >= 11 is 0. The Bertz CT molecular complexity index is 449. The average molecular weight is 306 g/mol. The fraction of sp³-hybridized carbons (Fsp3) is 1.00. The topological polar surface area (TPSA) is 40.5 Å². The monoisotopic (exact) mass is 306 g/mol. The number of hydrogen-bond donors (Lipinski definition) is 2. The average Bonchev–Trinajstić information content (AvgIpc) is 2.77. The van der Waals surface area contributed by atoms with Crippen LogP contribution in [0.4, 0.5) is 0 Å². The van der Waals surface area contributed by atoms with E-state index in [4.69, 9.17) is 0 Å². The quantitative estimate of drug-likeness (QED) is 0.710. The van der Waals surface area contributed by atoms with Gasteiger partial charge in [0.25, 0.3) is 0 Å². The maximum Gasteiger partial charge on any atom is 0.0596 e. The molecule has 0 aliphatic heterocycles. The van der Waals surface area contributed by atoms with E-state index >= 15 is 0 Å².